The lowest BCUT2D eigenvalue weighted by atomic mass is 10.3. The Balaban J connectivity index is 1.62. The molecule has 0 bridgehead atoms. The molecule has 124 valence electrons. The van der Waals surface area contributed by atoms with Crippen molar-refractivity contribution < 1.29 is 8.42 Å². The van der Waals surface area contributed by atoms with Crippen LogP contribution in [-0.4, -0.2) is 43.8 Å². The van der Waals surface area contributed by atoms with Gasteiger partial charge in [-0.15, -0.1) is 11.3 Å². The molecule has 2 heterocycles. The highest BCUT2D eigenvalue weighted by molar-refractivity contribution is 7.89. The summed E-state index contributed by atoms with van der Waals surface area (Å²) >= 11 is 13.3. The van der Waals surface area contributed by atoms with Crippen LogP contribution in [0, 0.1) is 0 Å². The van der Waals surface area contributed by atoms with Gasteiger partial charge in [-0.3, -0.25) is 4.90 Å². The Kier molecular flexibility index (Phi) is 5.30. The zero-order valence-corrected chi connectivity index (χ0v) is 15.4. The lowest BCUT2D eigenvalue weighted by Crippen LogP contribution is -2.48. The highest BCUT2D eigenvalue weighted by Crippen LogP contribution is 2.24. The second-order valence-electron chi connectivity index (χ2n) is 5.34. The summed E-state index contributed by atoms with van der Waals surface area (Å²) in [5, 5.41) is 0.531. The van der Waals surface area contributed by atoms with Crippen molar-refractivity contribution in [1.82, 2.24) is 9.21 Å². The number of thiophene rings is 1. The molecule has 23 heavy (non-hydrogen) atoms. The molecule has 1 aliphatic rings. The van der Waals surface area contributed by atoms with Crippen molar-refractivity contribution in [2.24, 2.45) is 0 Å². The Morgan fingerprint density at radius 1 is 0.957 bits per heavy atom. The first-order valence-corrected chi connectivity index (χ1v) is 10.2. The van der Waals surface area contributed by atoms with E-state index in [2.05, 4.69) is 4.90 Å². The Hall–Kier alpha value is -0.630. The van der Waals surface area contributed by atoms with Gasteiger partial charge in [0.1, 0.15) is 0 Å². The number of sulfonamides is 1. The summed E-state index contributed by atoms with van der Waals surface area (Å²) < 4.78 is 27.5. The summed E-state index contributed by atoms with van der Waals surface area (Å²) in [6.45, 7) is 3.21. The van der Waals surface area contributed by atoms with Crippen molar-refractivity contribution in [1.29, 1.82) is 0 Å². The highest BCUT2D eigenvalue weighted by atomic mass is 35.5. The van der Waals surface area contributed by atoms with E-state index in [9.17, 15) is 8.42 Å². The molecule has 0 atom stereocenters. The van der Waals surface area contributed by atoms with Gasteiger partial charge in [0.15, 0.2) is 0 Å². The molecule has 8 heteroatoms. The second kappa shape index (κ2) is 7.09. The van der Waals surface area contributed by atoms with Gasteiger partial charge < -0.3 is 0 Å². The number of hydrogen-bond donors (Lipinski definition) is 0. The first-order valence-electron chi connectivity index (χ1n) is 7.17. The molecule has 1 saturated heterocycles. The molecule has 0 radical (unpaired) electrons. The van der Waals surface area contributed by atoms with E-state index >= 15 is 0 Å². The average Bonchev–Trinajstić information content (AvgIpc) is 2.93. The monoisotopic (exact) mass is 390 g/mol. The average molecular weight is 391 g/mol. The summed E-state index contributed by atoms with van der Waals surface area (Å²) in [4.78, 5) is 3.74. The van der Waals surface area contributed by atoms with Crippen LogP contribution in [0.15, 0.2) is 41.3 Å². The second-order valence-corrected chi connectivity index (χ2v) is 9.51. The van der Waals surface area contributed by atoms with E-state index in [1.807, 2.05) is 12.1 Å². The maximum absolute atomic E-state index is 12.6. The minimum absolute atomic E-state index is 0.292. The van der Waals surface area contributed by atoms with E-state index in [-0.39, 0.29) is 0 Å². The van der Waals surface area contributed by atoms with Crippen LogP contribution in [0.4, 0.5) is 0 Å². The minimum atomic E-state index is -3.44. The molecule has 1 aromatic heterocycles. The highest BCUT2D eigenvalue weighted by Gasteiger charge is 2.28. The quantitative estimate of drug-likeness (QED) is 0.800. The third-order valence-corrected chi connectivity index (χ3v) is 7.17. The SMILES string of the molecule is O=S(=O)(c1ccc(Cl)cc1)N1CCN(Cc2ccc(Cl)s2)CC1. The zero-order chi connectivity index (χ0) is 16.4. The van der Waals surface area contributed by atoms with Crippen molar-refractivity contribution in [2.75, 3.05) is 26.2 Å². The van der Waals surface area contributed by atoms with Crippen LogP contribution < -0.4 is 0 Å². The number of piperazine rings is 1. The number of rotatable bonds is 4. The van der Waals surface area contributed by atoms with Crippen LogP contribution >= 0.6 is 34.5 Å². The van der Waals surface area contributed by atoms with E-state index < -0.39 is 10.0 Å². The third kappa shape index (κ3) is 4.07. The Morgan fingerprint density at radius 2 is 1.61 bits per heavy atom. The largest absolute Gasteiger partial charge is 0.296 e. The van der Waals surface area contributed by atoms with E-state index in [1.54, 1.807) is 35.6 Å². The Labute approximate surface area is 150 Å². The molecule has 0 amide bonds. The number of halogens is 2. The molecule has 2 aromatic rings. The smallest absolute Gasteiger partial charge is 0.243 e. The predicted octanol–water partition coefficient (Wildman–Crippen LogP) is 3.56. The summed E-state index contributed by atoms with van der Waals surface area (Å²) in [6.07, 6.45) is 0. The minimum Gasteiger partial charge on any atom is -0.296 e. The van der Waals surface area contributed by atoms with Gasteiger partial charge in [-0.05, 0) is 36.4 Å². The molecule has 3 rings (SSSR count). The van der Waals surface area contributed by atoms with Gasteiger partial charge >= 0.3 is 0 Å². The first-order chi connectivity index (χ1) is 10.9. The standard InChI is InChI=1S/C15H16Cl2N2O2S2/c16-12-1-4-14(5-2-12)23(20,21)19-9-7-18(8-10-19)11-13-3-6-15(17)22-13/h1-6H,7-11H2. The number of nitrogens with zero attached hydrogens (tertiary/aromatic N) is 2. The van der Waals surface area contributed by atoms with Crippen LogP contribution in [0.25, 0.3) is 0 Å². The topological polar surface area (TPSA) is 40.6 Å². The van der Waals surface area contributed by atoms with Crippen molar-refractivity contribution in [3.8, 4) is 0 Å². The van der Waals surface area contributed by atoms with Crippen LogP contribution in [0.3, 0.4) is 0 Å². The summed E-state index contributed by atoms with van der Waals surface area (Å²) in [5.74, 6) is 0. The summed E-state index contributed by atoms with van der Waals surface area (Å²) in [6, 6.07) is 10.2. The molecular formula is C15H16Cl2N2O2S2. The van der Waals surface area contributed by atoms with E-state index in [0.717, 1.165) is 10.9 Å². The van der Waals surface area contributed by atoms with Crippen molar-refractivity contribution >= 4 is 44.6 Å². The molecule has 0 aliphatic carbocycles. The zero-order valence-electron chi connectivity index (χ0n) is 12.3. The van der Waals surface area contributed by atoms with E-state index in [1.165, 1.54) is 9.18 Å². The van der Waals surface area contributed by atoms with Crippen molar-refractivity contribution in [3.63, 3.8) is 0 Å². The first kappa shape index (κ1) is 17.2. The van der Waals surface area contributed by atoms with Gasteiger partial charge in [-0.25, -0.2) is 8.42 Å². The van der Waals surface area contributed by atoms with Gasteiger partial charge in [0.05, 0.1) is 9.23 Å². The van der Waals surface area contributed by atoms with E-state index in [4.69, 9.17) is 23.2 Å². The molecule has 1 aliphatic heterocycles. The number of benzene rings is 1. The van der Waals surface area contributed by atoms with Crippen LogP contribution in [-0.2, 0) is 16.6 Å². The normalized spacial score (nSPS) is 17.5. The Bertz CT molecular complexity index is 767. The molecule has 0 spiro atoms. The number of hydrogen-bond acceptors (Lipinski definition) is 4. The maximum Gasteiger partial charge on any atom is 0.243 e. The lowest BCUT2D eigenvalue weighted by Gasteiger charge is -2.33. The lowest BCUT2D eigenvalue weighted by molar-refractivity contribution is 0.183. The fourth-order valence-electron chi connectivity index (χ4n) is 2.54. The van der Waals surface area contributed by atoms with Crippen LogP contribution in [0.2, 0.25) is 9.36 Å². The third-order valence-electron chi connectivity index (χ3n) is 3.79. The Morgan fingerprint density at radius 3 is 2.17 bits per heavy atom. The fourth-order valence-corrected chi connectivity index (χ4v) is 5.22. The molecular weight excluding hydrogens is 375 g/mol. The molecule has 4 nitrogen and oxygen atoms in total. The summed E-state index contributed by atoms with van der Waals surface area (Å²) in [5.41, 5.74) is 0. The summed E-state index contributed by atoms with van der Waals surface area (Å²) in [7, 11) is -3.44. The van der Waals surface area contributed by atoms with Gasteiger partial charge in [0, 0.05) is 42.6 Å². The van der Waals surface area contributed by atoms with Gasteiger partial charge in [-0.2, -0.15) is 4.31 Å². The predicted molar refractivity (Wildman–Crippen MR) is 94.8 cm³/mol. The van der Waals surface area contributed by atoms with Gasteiger partial charge in [0.25, 0.3) is 0 Å². The molecule has 1 aromatic carbocycles. The molecule has 0 saturated carbocycles. The molecule has 0 unspecified atom stereocenters. The fraction of sp³-hybridized carbons (Fsp3) is 0.333. The molecule has 0 N–H and O–H groups in total. The maximum atomic E-state index is 12.6. The molecule has 1 fully saturated rings. The van der Waals surface area contributed by atoms with Crippen molar-refractivity contribution in [2.45, 2.75) is 11.4 Å². The van der Waals surface area contributed by atoms with Crippen LogP contribution in [0.5, 0.6) is 0 Å². The van der Waals surface area contributed by atoms with E-state index in [0.29, 0.717) is 36.1 Å². The van der Waals surface area contributed by atoms with Gasteiger partial charge in [0.2, 0.25) is 10.0 Å². The van der Waals surface area contributed by atoms with Crippen LogP contribution in [0.1, 0.15) is 4.88 Å². The van der Waals surface area contributed by atoms with Crippen molar-refractivity contribution in [3.05, 3.63) is 50.6 Å². The van der Waals surface area contributed by atoms with Gasteiger partial charge in [-0.1, -0.05) is 23.2 Å².